The van der Waals surface area contributed by atoms with Crippen molar-refractivity contribution in [1.29, 1.82) is 0 Å². The summed E-state index contributed by atoms with van der Waals surface area (Å²) in [6.45, 7) is 4.04. The molecule has 19 heavy (non-hydrogen) atoms. The number of nitrogens with one attached hydrogen (secondary N) is 1. The van der Waals surface area contributed by atoms with Crippen molar-refractivity contribution in [3.8, 4) is 0 Å². The highest BCUT2D eigenvalue weighted by Gasteiger charge is 2.20. The molecule has 0 spiro atoms. The maximum absolute atomic E-state index is 11.0. The summed E-state index contributed by atoms with van der Waals surface area (Å²) in [6, 6.07) is 3.87. The van der Waals surface area contributed by atoms with Crippen LogP contribution in [0.4, 0.5) is 11.4 Å². The van der Waals surface area contributed by atoms with E-state index in [1.54, 1.807) is 13.0 Å². The predicted octanol–water partition coefficient (Wildman–Crippen LogP) is 4.66. The van der Waals surface area contributed by atoms with Gasteiger partial charge in [-0.25, -0.2) is 0 Å². The average molecular weight is 327 g/mol. The molecular formula is C14H19BrN2O2. The molecule has 0 atom stereocenters. The number of benzene rings is 1. The van der Waals surface area contributed by atoms with E-state index in [0.29, 0.717) is 11.6 Å². The van der Waals surface area contributed by atoms with E-state index in [4.69, 9.17) is 0 Å². The molecule has 5 heteroatoms. The molecule has 1 saturated carbocycles. The van der Waals surface area contributed by atoms with Gasteiger partial charge in [0.05, 0.1) is 10.6 Å². The van der Waals surface area contributed by atoms with Gasteiger partial charge in [-0.1, -0.05) is 6.92 Å². The first kappa shape index (κ1) is 14.3. The van der Waals surface area contributed by atoms with Crippen LogP contribution in [0.3, 0.4) is 0 Å². The third-order valence-corrected chi connectivity index (χ3v) is 4.51. The van der Waals surface area contributed by atoms with E-state index in [0.717, 1.165) is 28.9 Å². The normalized spacial score (nSPS) is 23.1. The lowest BCUT2D eigenvalue weighted by atomic mass is 9.87. The number of nitro groups is 1. The third-order valence-electron chi connectivity index (χ3n) is 3.86. The molecule has 1 aromatic rings. The molecule has 0 heterocycles. The molecule has 1 fully saturated rings. The molecule has 1 aromatic carbocycles. The predicted molar refractivity (Wildman–Crippen MR) is 80.6 cm³/mol. The van der Waals surface area contributed by atoms with Crippen LogP contribution in [0.1, 0.15) is 38.2 Å². The second-order valence-electron chi connectivity index (χ2n) is 5.48. The molecule has 0 aliphatic heterocycles. The summed E-state index contributed by atoms with van der Waals surface area (Å²) in [7, 11) is 0. The van der Waals surface area contributed by atoms with Gasteiger partial charge in [-0.15, -0.1) is 0 Å². The van der Waals surface area contributed by atoms with Gasteiger partial charge < -0.3 is 5.32 Å². The zero-order chi connectivity index (χ0) is 14.0. The molecule has 2 rings (SSSR count). The lowest BCUT2D eigenvalue weighted by Gasteiger charge is -2.28. The molecule has 0 bridgehead atoms. The second kappa shape index (κ2) is 5.90. The first-order valence-electron chi connectivity index (χ1n) is 6.68. The smallest absolute Gasteiger partial charge is 0.274 e. The van der Waals surface area contributed by atoms with E-state index in [-0.39, 0.29) is 10.6 Å². The Balaban J connectivity index is 2.15. The standard InChI is InChI=1S/C14H19BrN2O2/c1-9-3-5-11(6-4-9)16-13-8-14(17(18)19)10(2)7-12(13)15/h7-9,11,16H,3-6H2,1-2H3. The molecule has 0 radical (unpaired) electrons. The van der Waals surface area contributed by atoms with Crippen LogP contribution in [0.2, 0.25) is 0 Å². The average Bonchev–Trinajstić information content (AvgIpc) is 2.34. The third kappa shape index (κ3) is 3.47. The molecule has 1 aliphatic rings. The fourth-order valence-electron chi connectivity index (χ4n) is 2.59. The van der Waals surface area contributed by atoms with E-state index >= 15 is 0 Å². The zero-order valence-electron chi connectivity index (χ0n) is 11.3. The van der Waals surface area contributed by atoms with Gasteiger partial charge in [-0.2, -0.15) is 0 Å². The van der Waals surface area contributed by atoms with Gasteiger partial charge in [0.25, 0.3) is 5.69 Å². The number of rotatable bonds is 3. The maximum Gasteiger partial charge on any atom is 0.274 e. The van der Waals surface area contributed by atoms with Gasteiger partial charge >= 0.3 is 0 Å². The summed E-state index contributed by atoms with van der Waals surface area (Å²) in [4.78, 5) is 10.7. The quantitative estimate of drug-likeness (QED) is 0.649. The number of nitro benzene ring substituents is 1. The summed E-state index contributed by atoms with van der Waals surface area (Å²) in [5, 5.41) is 14.4. The van der Waals surface area contributed by atoms with Crippen molar-refractivity contribution in [3.63, 3.8) is 0 Å². The van der Waals surface area contributed by atoms with Crippen LogP contribution in [0.5, 0.6) is 0 Å². The topological polar surface area (TPSA) is 55.2 Å². The minimum atomic E-state index is -0.324. The van der Waals surface area contributed by atoms with Crippen molar-refractivity contribution in [1.82, 2.24) is 0 Å². The number of anilines is 1. The summed E-state index contributed by atoms with van der Waals surface area (Å²) in [6.07, 6.45) is 4.72. The largest absolute Gasteiger partial charge is 0.381 e. The van der Waals surface area contributed by atoms with Gasteiger partial charge in [0.15, 0.2) is 0 Å². The Bertz CT molecular complexity index is 483. The lowest BCUT2D eigenvalue weighted by Crippen LogP contribution is -2.25. The molecule has 0 aromatic heterocycles. The van der Waals surface area contributed by atoms with Gasteiger partial charge in [0.1, 0.15) is 0 Å². The molecule has 0 unspecified atom stereocenters. The lowest BCUT2D eigenvalue weighted by molar-refractivity contribution is -0.385. The van der Waals surface area contributed by atoms with Crippen LogP contribution in [0.25, 0.3) is 0 Å². The van der Waals surface area contributed by atoms with Crippen LogP contribution >= 0.6 is 15.9 Å². The summed E-state index contributed by atoms with van der Waals surface area (Å²) in [5.74, 6) is 0.800. The van der Waals surface area contributed by atoms with Crippen molar-refractivity contribution >= 4 is 27.3 Å². The fraction of sp³-hybridized carbons (Fsp3) is 0.571. The Hall–Kier alpha value is -1.10. The van der Waals surface area contributed by atoms with E-state index in [2.05, 4.69) is 28.2 Å². The Labute approximate surface area is 121 Å². The van der Waals surface area contributed by atoms with Gasteiger partial charge in [-0.3, -0.25) is 10.1 Å². The summed E-state index contributed by atoms with van der Waals surface area (Å²) >= 11 is 3.48. The molecule has 4 nitrogen and oxygen atoms in total. The van der Waals surface area contributed by atoms with E-state index in [1.807, 2.05) is 6.07 Å². The van der Waals surface area contributed by atoms with Crippen LogP contribution in [-0.2, 0) is 0 Å². The van der Waals surface area contributed by atoms with Crippen molar-refractivity contribution in [2.24, 2.45) is 5.92 Å². The fourth-order valence-corrected chi connectivity index (χ4v) is 3.17. The van der Waals surface area contributed by atoms with Gasteiger partial charge in [0.2, 0.25) is 0 Å². The minimum Gasteiger partial charge on any atom is -0.381 e. The second-order valence-corrected chi connectivity index (χ2v) is 6.33. The molecule has 0 amide bonds. The van der Waals surface area contributed by atoms with E-state index in [1.165, 1.54) is 12.8 Å². The van der Waals surface area contributed by atoms with Crippen molar-refractivity contribution in [2.45, 2.75) is 45.6 Å². The first-order chi connectivity index (χ1) is 8.97. The van der Waals surface area contributed by atoms with Crippen LogP contribution in [-0.4, -0.2) is 11.0 Å². The number of hydrogen-bond acceptors (Lipinski definition) is 3. The van der Waals surface area contributed by atoms with Gasteiger partial charge in [-0.05, 0) is 60.5 Å². The van der Waals surface area contributed by atoms with Crippen LogP contribution in [0.15, 0.2) is 16.6 Å². The van der Waals surface area contributed by atoms with Crippen molar-refractivity contribution in [3.05, 3.63) is 32.3 Å². The number of hydrogen-bond donors (Lipinski definition) is 1. The molecular weight excluding hydrogens is 308 g/mol. The maximum atomic E-state index is 11.0. The highest BCUT2D eigenvalue weighted by Crippen LogP contribution is 2.33. The minimum absolute atomic E-state index is 0.176. The summed E-state index contributed by atoms with van der Waals surface area (Å²) in [5.41, 5.74) is 1.69. The Kier molecular flexibility index (Phi) is 4.45. The highest BCUT2D eigenvalue weighted by atomic mass is 79.9. The van der Waals surface area contributed by atoms with Crippen LogP contribution < -0.4 is 5.32 Å². The van der Waals surface area contributed by atoms with E-state index in [9.17, 15) is 10.1 Å². The van der Waals surface area contributed by atoms with E-state index < -0.39 is 0 Å². The summed E-state index contributed by atoms with van der Waals surface area (Å²) < 4.78 is 0.897. The Morgan fingerprint density at radius 3 is 2.53 bits per heavy atom. The van der Waals surface area contributed by atoms with Crippen molar-refractivity contribution < 1.29 is 4.92 Å². The molecule has 0 saturated heterocycles. The Morgan fingerprint density at radius 2 is 1.95 bits per heavy atom. The van der Waals surface area contributed by atoms with Crippen LogP contribution in [0, 0.1) is 23.0 Å². The number of halogens is 1. The molecule has 1 N–H and O–H groups in total. The molecule has 104 valence electrons. The monoisotopic (exact) mass is 326 g/mol. The first-order valence-corrected chi connectivity index (χ1v) is 7.47. The Morgan fingerprint density at radius 1 is 1.32 bits per heavy atom. The number of aryl methyl sites for hydroxylation is 1. The van der Waals surface area contributed by atoms with Crippen molar-refractivity contribution in [2.75, 3.05) is 5.32 Å². The SMILES string of the molecule is Cc1cc(Br)c(NC2CCC(C)CC2)cc1[N+](=O)[O-]. The highest BCUT2D eigenvalue weighted by molar-refractivity contribution is 9.10. The zero-order valence-corrected chi connectivity index (χ0v) is 12.9. The number of nitrogens with zero attached hydrogens (tertiary/aromatic N) is 1. The van der Waals surface area contributed by atoms with Gasteiger partial charge in [0, 0.05) is 22.1 Å². The molecule has 1 aliphatic carbocycles.